The van der Waals surface area contributed by atoms with Crippen LogP contribution in [0.4, 0.5) is 11.4 Å². The van der Waals surface area contributed by atoms with E-state index < -0.39 is 4.92 Å². The second-order valence-electron chi connectivity index (χ2n) is 3.74. The molecule has 0 unspecified atom stereocenters. The molecule has 0 spiro atoms. The molecule has 0 amide bonds. The highest BCUT2D eigenvalue weighted by Gasteiger charge is 2.10. The molecule has 2 N–H and O–H groups in total. The van der Waals surface area contributed by atoms with Gasteiger partial charge in [0.2, 0.25) is 0 Å². The Balaban J connectivity index is 2.13. The highest BCUT2D eigenvalue weighted by molar-refractivity contribution is 5.81. The van der Waals surface area contributed by atoms with Gasteiger partial charge < -0.3 is 5.11 Å². The van der Waals surface area contributed by atoms with Crippen LogP contribution in [0.3, 0.4) is 0 Å². The van der Waals surface area contributed by atoms with Gasteiger partial charge in [-0.1, -0.05) is 24.3 Å². The summed E-state index contributed by atoms with van der Waals surface area (Å²) < 4.78 is 0. The summed E-state index contributed by atoms with van der Waals surface area (Å²) in [5.74, 6) is 0.134. The lowest BCUT2D eigenvalue weighted by atomic mass is 10.2. The van der Waals surface area contributed by atoms with Gasteiger partial charge in [0.1, 0.15) is 11.4 Å². The third-order valence-corrected chi connectivity index (χ3v) is 2.37. The summed E-state index contributed by atoms with van der Waals surface area (Å²) in [6, 6.07) is 12.7. The van der Waals surface area contributed by atoms with Gasteiger partial charge in [0.05, 0.1) is 11.1 Å². The predicted molar refractivity (Wildman–Crippen MR) is 72.4 cm³/mol. The zero-order chi connectivity index (χ0) is 13.7. The number of anilines is 1. The zero-order valence-electron chi connectivity index (χ0n) is 9.85. The standard InChI is InChI=1S/C13H11N3O3/c17-11-5-3-4-10(8-11)9-14-15-12-6-1-2-7-13(12)16(18)19/h1-9,15,17H/b14-9+. The average Bonchev–Trinajstić information content (AvgIpc) is 2.39. The quantitative estimate of drug-likeness (QED) is 0.500. The Hall–Kier alpha value is -2.89. The lowest BCUT2D eigenvalue weighted by Crippen LogP contribution is -1.96. The number of rotatable bonds is 4. The van der Waals surface area contributed by atoms with Crippen LogP contribution in [0.2, 0.25) is 0 Å². The SMILES string of the molecule is O=[N+]([O-])c1ccccc1N/N=C/c1cccc(O)c1. The van der Waals surface area contributed by atoms with Crippen molar-refractivity contribution in [3.8, 4) is 5.75 Å². The summed E-state index contributed by atoms with van der Waals surface area (Å²) in [6.07, 6.45) is 1.47. The van der Waals surface area contributed by atoms with Gasteiger partial charge in [0.25, 0.3) is 5.69 Å². The molecular formula is C13H11N3O3. The Morgan fingerprint density at radius 3 is 2.74 bits per heavy atom. The number of benzene rings is 2. The lowest BCUT2D eigenvalue weighted by molar-refractivity contribution is -0.384. The second-order valence-corrected chi connectivity index (χ2v) is 3.74. The molecule has 19 heavy (non-hydrogen) atoms. The Bertz CT molecular complexity index is 626. The van der Waals surface area contributed by atoms with E-state index in [0.29, 0.717) is 11.3 Å². The van der Waals surface area contributed by atoms with E-state index >= 15 is 0 Å². The molecule has 6 heteroatoms. The molecule has 0 radical (unpaired) electrons. The van der Waals surface area contributed by atoms with Crippen molar-refractivity contribution in [2.75, 3.05) is 5.43 Å². The summed E-state index contributed by atoms with van der Waals surface area (Å²) >= 11 is 0. The van der Waals surface area contributed by atoms with Crippen LogP contribution in [-0.4, -0.2) is 16.2 Å². The number of para-hydroxylation sites is 2. The van der Waals surface area contributed by atoms with Gasteiger partial charge in [-0.05, 0) is 23.8 Å². The number of nitrogens with one attached hydrogen (secondary N) is 1. The van der Waals surface area contributed by atoms with Crippen molar-refractivity contribution in [3.05, 3.63) is 64.2 Å². The Kier molecular flexibility index (Phi) is 3.72. The number of aromatic hydroxyl groups is 1. The largest absolute Gasteiger partial charge is 0.508 e. The first-order chi connectivity index (χ1) is 9.16. The van der Waals surface area contributed by atoms with E-state index in [4.69, 9.17) is 0 Å². The minimum Gasteiger partial charge on any atom is -0.508 e. The first-order valence-corrected chi connectivity index (χ1v) is 5.48. The van der Waals surface area contributed by atoms with Gasteiger partial charge in [0.15, 0.2) is 0 Å². The molecule has 0 aliphatic carbocycles. The molecule has 6 nitrogen and oxygen atoms in total. The van der Waals surface area contributed by atoms with Crippen molar-refractivity contribution in [3.63, 3.8) is 0 Å². The van der Waals surface area contributed by atoms with Gasteiger partial charge in [-0.2, -0.15) is 5.10 Å². The van der Waals surface area contributed by atoms with Crippen LogP contribution in [0, 0.1) is 10.1 Å². The highest BCUT2D eigenvalue weighted by atomic mass is 16.6. The fourth-order valence-corrected chi connectivity index (χ4v) is 1.51. The zero-order valence-corrected chi connectivity index (χ0v) is 9.85. The topological polar surface area (TPSA) is 87.8 Å². The molecule has 0 aliphatic rings. The Morgan fingerprint density at radius 2 is 2.00 bits per heavy atom. The number of hydrogen-bond donors (Lipinski definition) is 2. The van der Waals surface area contributed by atoms with E-state index in [9.17, 15) is 15.2 Å². The van der Waals surface area contributed by atoms with Crippen LogP contribution in [0.25, 0.3) is 0 Å². The molecular weight excluding hydrogens is 246 g/mol. The number of nitro benzene ring substituents is 1. The monoisotopic (exact) mass is 257 g/mol. The van der Waals surface area contributed by atoms with Gasteiger partial charge in [-0.25, -0.2) is 0 Å². The maximum atomic E-state index is 10.8. The summed E-state index contributed by atoms with van der Waals surface area (Å²) in [6.45, 7) is 0. The smallest absolute Gasteiger partial charge is 0.294 e. The van der Waals surface area contributed by atoms with E-state index in [1.807, 2.05) is 0 Å². The van der Waals surface area contributed by atoms with Crippen molar-refractivity contribution < 1.29 is 10.0 Å². The second kappa shape index (κ2) is 5.63. The van der Waals surface area contributed by atoms with Crippen molar-refractivity contribution >= 4 is 17.6 Å². The lowest BCUT2D eigenvalue weighted by Gasteiger charge is -2.01. The first-order valence-electron chi connectivity index (χ1n) is 5.48. The average molecular weight is 257 g/mol. The van der Waals surface area contributed by atoms with E-state index in [1.165, 1.54) is 18.3 Å². The first kappa shape index (κ1) is 12.6. The van der Waals surface area contributed by atoms with Gasteiger partial charge in [-0.15, -0.1) is 0 Å². The molecule has 2 aromatic carbocycles. The molecule has 2 aromatic rings. The minimum absolute atomic E-state index is 0.0458. The third-order valence-electron chi connectivity index (χ3n) is 2.37. The molecule has 96 valence electrons. The van der Waals surface area contributed by atoms with Crippen molar-refractivity contribution in [2.45, 2.75) is 0 Å². The number of phenols is 1. The number of hydrazone groups is 1. The number of nitrogens with zero attached hydrogens (tertiary/aromatic N) is 2. The maximum Gasteiger partial charge on any atom is 0.294 e. The molecule has 0 bridgehead atoms. The van der Waals surface area contributed by atoms with Crippen LogP contribution in [0.15, 0.2) is 53.6 Å². The molecule has 2 rings (SSSR count). The molecule has 0 saturated heterocycles. The van der Waals surface area contributed by atoms with Gasteiger partial charge in [-0.3, -0.25) is 15.5 Å². The van der Waals surface area contributed by atoms with Crippen LogP contribution < -0.4 is 5.43 Å². The molecule has 0 aliphatic heterocycles. The van der Waals surface area contributed by atoms with Crippen LogP contribution in [0.5, 0.6) is 5.75 Å². The predicted octanol–water partition coefficient (Wildman–Crippen LogP) is 2.75. The van der Waals surface area contributed by atoms with Crippen molar-refractivity contribution in [1.29, 1.82) is 0 Å². The summed E-state index contributed by atoms with van der Waals surface area (Å²) in [7, 11) is 0. The van der Waals surface area contributed by atoms with E-state index in [2.05, 4.69) is 10.5 Å². The van der Waals surface area contributed by atoms with Crippen LogP contribution >= 0.6 is 0 Å². The minimum atomic E-state index is -0.480. The molecule has 0 fully saturated rings. The van der Waals surface area contributed by atoms with E-state index in [-0.39, 0.29) is 11.4 Å². The normalized spacial score (nSPS) is 10.5. The molecule has 0 aromatic heterocycles. The molecule has 0 heterocycles. The Morgan fingerprint density at radius 1 is 1.21 bits per heavy atom. The summed E-state index contributed by atoms with van der Waals surface area (Å²) in [5, 5.41) is 24.0. The Labute approximate surface area is 109 Å². The van der Waals surface area contributed by atoms with Crippen molar-refractivity contribution in [2.24, 2.45) is 5.10 Å². The third kappa shape index (κ3) is 3.29. The van der Waals surface area contributed by atoms with E-state index in [1.54, 1.807) is 36.4 Å². The van der Waals surface area contributed by atoms with Crippen LogP contribution in [-0.2, 0) is 0 Å². The number of phenolic OH excluding ortho intramolecular Hbond substituents is 1. The highest BCUT2D eigenvalue weighted by Crippen LogP contribution is 2.22. The molecule has 0 atom stereocenters. The fourth-order valence-electron chi connectivity index (χ4n) is 1.51. The maximum absolute atomic E-state index is 10.8. The van der Waals surface area contributed by atoms with Crippen molar-refractivity contribution in [1.82, 2.24) is 0 Å². The number of nitro groups is 1. The fraction of sp³-hybridized carbons (Fsp3) is 0. The molecule has 0 saturated carbocycles. The van der Waals surface area contributed by atoms with Gasteiger partial charge >= 0.3 is 0 Å². The van der Waals surface area contributed by atoms with E-state index in [0.717, 1.165) is 0 Å². The number of hydrogen-bond acceptors (Lipinski definition) is 5. The summed E-state index contributed by atoms with van der Waals surface area (Å²) in [4.78, 5) is 10.3. The summed E-state index contributed by atoms with van der Waals surface area (Å²) in [5.41, 5.74) is 3.56. The van der Waals surface area contributed by atoms with Gasteiger partial charge in [0, 0.05) is 6.07 Å². The van der Waals surface area contributed by atoms with Crippen LogP contribution in [0.1, 0.15) is 5.56 Å².